The summed E-state index contributed by atoms with van der Waals surface area (Å²) in [5, 5.41) is 2.42. The Morgan fingerprint density at radius 3 is 2.53 bits per heavy atom. The summed E-state index contributed by atoms with van der Waals surface area (Å²) in [5.74, 6) is 0.644. The van der Waals surface area contributed by atoms with Crippen molar-refractivity contribution >= 4 is 34.9 Å². The standard InChI is InChI=1S/C24H24N2O5S/c1-24(2,3)17-7-5-16(6-8-17)21(27)25-10-11-26-22(28)20(32-23(26)29)13-15-4-9-18-19(12-15)31-14-30-18/h4-9,12-13H,10-11,14H2,1-3H3,(H,25,27). The van der Waals surface area contributed by atoms with Gasteiger partial charge in [-0.15, -0.1) is 0 Å². The molecule has 0 atom stereocenters. The Kier molecular flexibility index (Phi) is 5.97. The second-order valence-electron chi connectivity index (χ2n) is 8.53. The maximum Gasteiger partial charge on any atom is 0.293 e. The van der Waals surface area contributed by atoms with Crippen LogP contribution < -0.4 is 14.8 Å². The smallest absolute Gasteiger partial charge is 0.293 e. The van der Waals surface area contributed by atoms with Gasteiger partial charge in [-0.05, 0) is 58.6 Å². The fourth-order valence-corrected chi connectivity index (χ4v) is 4.22. The molecule has 0 unspecified atom stereocenters. The molecular weight excluding hydrogens is 428 g/mol. The van der Waals surface area contributed by atoms with Gasteiger partial charge < -0.3 is 14.8 Å². The van der Waals surface area contributed by atoms with Crippen molar-refractivity contribution in [1.29, 1.82) is 0 Å². The number of imide groups is 1. The molecule has 0 spiro atoms. The van der Waals surface area contributed by atoms with Crippen molar-refractivity contribution in [3.05, 3.63) is 64.1 Å². The SMILES string of the molecule is CC(C)(C)c1ccc(C(=O)NCCN2C(=O)SC(=Cc3ccc4c(c3)OCO4)C2=O)cc1. The summed E-state index contributed by atoms with van der Waals surface area (Å²) in [7, 11) is 0. The minimum absolute atomic E-state index is 0.00890. The van der Waals surface area contributed by atoms with Crippen molar-refractivity contribution in [2.75, 3.05) is 19.9 Å². The largest absolute Gasteiger partial charge is 0.454 e. The number of nitrogens with one attached hydrogen (secondary N) is 1. The number of fused-ring (bicyclic) bond motifs is 1. The summed E-state index contributed by atoms with van der Waals surface area (Å²) in [6.07, 6.45) is 1.65. The topological polar surface area (TPSA) is 84.9 Å². The predicted octanol–water partition coefficient (Wildman–Crippen LogP) is 4.18. The lowest BCUT2D eigenvalue weighted by molar-refractivity contribution is -0.122. The molecule has 166 valence electrons. The van der Waals surface area contributed by atoms with Gasteiger partial charge in [-0.1, -0.05) is 39.0 Å². The van der Waals surface area contributed by atoms with Crippen molar-refractivity contribution < 1.29 is 23.9 Å². The van der Waals surface area contributed by atoms with E-state index < -0.39 is 0 Å². The predicted molar refractivity (Wildman–Crippen MR) is 123 cm³/mol. The number of nitrogens with zero attached hydrogens (tertiary/aromatic N) is 1. The molecule has 1 N–H and O–H groups in total. The van der Waals surface area contributed by atoms with Crippen LogP contribution in [0.3, 0.4) is 0 Å². The maximum atomic E-state index is 12.7. The summed E-state index contributed by atoms with van der Waals surface area (Å²) in [5.41, 5.74) is 2.43. The first-order valence-corrected chi connectivity index (χ1v) is 11.1. The zero-order chi connectivity index (χ0) is 22.9. The molecule has 32 heavy (non-hydrogen) atoms. The number of rotatable bonds is 5. The van der Waals surface area contributed by atoms with E-state index in [0.717, 1.165) is 27.8 Å². The summed E-state index contributed by atoms with van der Waals surface area (Å²) >= 11 is 0.883. The highest BCUT2D eigenvalue weighted by Crippen LogP contribution is 2.36. The van der Waals surface area contributed by atoms with Gasteiger partial charge in [0.25, 0.3) is 17.1 Å². The number of ether oxygens (including phenoxy) is 2. The molecule has 0 aliphatic carbocycles. The third-order valence-corrected chi connectivity index (χ3v) is 6.11. The van der Waals surface area contributed by atoms with Gasteiger partial charge in [-0.2, -0.15) is 0 Å². The van der Waals surface area contributed by atoms with Crippen molar-refractivity contribution in [3.63, 3.8) is 0 Å². The molecule has 1 saturated heterocycles. The van der Waals surface area contributed by atoms with Gasteiger partial charge in [-0.25, -0.2) is 0 Å². The molecule has 2 heterocycles. The fraction of sp³-hybridized carbons (Fsp3) is 0.292. The Labute approximate surface area is 190 Å². The molecule has 1 fully saturated rings. The molecule has 0 saturated carbocycles. The van der Waals surface area contributed by atoms with E-state index in [9.17, 15) is 14.4 Å². The van der Waals surface area contributed by atoms with E-state index >= 15 is 0 Å². The van der Waals surface area contributed by atoms with Crippen LogP contribution in [0, 0.1) is 0 Å². The summed E-state index contributed by atoms with van der Waals surface area (Å²) in [6.45, 7) is 6.78. The quantitative estimate of drug-likeness (QED) is 0.685. The molecule has 3 amide bonds. The first-order chi connectivity index (χ1) is 15.2. The Bertz CT molecular complexity index is 1100. The number of carbonyl (C=O) groups excluding carboxylic acids is 3. The van der Waals surface area contributed by atoms with Crippen LogP contribution in [-0.4, -0.2) is 41.8 Å². The van der Waals surface area contributed by atoms with Crippen molar-refractivity contribution in [3.8, 4) is 11.5 Å². The van der Waals surface area contributed by atoms with Gasteiger partial charge in [0.05, 0.1) is 4.91 Å². The molecule has 0 bridgehead atoms. The van der Waals surface area contributed by atoms with Crippen LogP contribution in [-0.2, 0) is 10.2 Å². The third-order valence-electron chi connectivity index (χ3n) is 5.20. The van der Waals surface area contributed by atoms with Gasteiger partial charge in [0.15, 0.2) is 11.5 Å². The number of carbonyl (C=O) groups is 3. The molecule has 0 radical (unpaired) electrons. The minimum Gasteiger partial charge on any atom is -0.454 e. The summed E-state index contributed by atoms with van der Waals surface area (Å²) in [6, 6.07) is 12.8. The van der Waals surface area contributed by atoms with E-state index in [4.69, 9.17) is 9.47 Å². The average Bonchev–Trinajstić information content (AvgIpc) is 3.32. The molecule has 0 aromatic heterocycles. The van der Waals surface area contributed by atoms with Crippen LogP contribution in [0.5, 0.6) is 11.5 Å². The highest BCUT2D eigenvalue weighted by atomic mass is 32.2. The summed E-state index contributed by atoms with van der Waals surface area (Å²) < 4.78 is 10.6. The van der Waals surface area contributed by atoms with Crippen LogP contribution in [0.15, 0.2) is 47.4 Å². The zero-order valence-corrected chi connectivity index (χ0v) is 19.0. The highest BCUT2D eigenvalue weighted by Gasteiger charge is 2.34. The van der Waals surface area contributed by atoms with E-state index in [2.05, 4.69) is 26.1 Å². The first kappa shape index (κ1) is 22.0. The second kappa shape index (κ2) is 8.70. The van der Waals surface area contributed by atoms with Gasteiger partial charge in [-0.3, -0.25) is 19.3 Å². The molecule has 7 nitrogen and oxygen atoms in total. The molecule has 8 heteroatoms. The number of amides is 3. The van der Waals surface area contributed by atoms with Crippen molar-refractivity contribution in [2.24, 2.45) is 0 Å². The van der Waals surface area contributed by atoms with E-state index in [1.807, 2.05) is 12.1 Å². The average molecular weight is 453 g/mol. The Hall–Kier alpha value is -3.26. The van der Waals surface area contributed by atoms with Crippen LogP contribution in [0.1, 0.15) is 42.3 Å². The monoisotopic (exact) mass is 452 g/mol. The fourth-order valence-electron chi connectivity index (χ4n) is 3.35. The molecular formula is C24H24N2O5S. The molecule has 4 rings (SSSR count). The number of thioether (sulfide) groups is 1. The number of hydrogen-bond acceptors (Lipinski definition) is 6. The lowest BCUT2D eigenvalue weighted by Gasteiger charge is -2.19. The third kappa shape index (κ3) is 4.65. The molecule has 2 aromatic rings. The van der Waals surface area contributed by atoms with Crippen molar-refractivity contribution in [2.45, 2.75) is 26.2 Å². The molecule has 2 aromatic carbocycles. The Morgan fingerprint density at radius 2 is 1.81 bits per heavy atom. The van der Waals surface area contributed by atoms with Crippen LogP contribution in [0.4, 0.5) is 4.79 Å². The van der Waals surface area contributed by atoms with Gasteiger partial charge in [0.2, 0.25) is 6.79 Å². The van der Waals surface area contributed by atoms with Crippen LogP contribution >= 0.6 is 11.8 Å². The van der Waals surface area contributed by atoms with E-state index in [1.54, 1.807) is 36.4 Å². The second-order valence-corrected chi connectivity index (χ2v) is 9.52. The van der Waals surface area contributed by atoms with E-state index in [-0.39, 0.29) is 42.4 Å². The maximum absolute atomic E-state index is 12.7. The van der Waals surface area contributed by atoms with Gasteiger partial charge in [0.1, 0.15) is 0 Å². The normalized spacial score (nSPS) is 16.7. The Balaban J connectivity index is 1.34. The van der Waals surface area contributed by atoms with E-state index in [1.165, 1.54) is 0 Å². The van der Waals surface area contributed by atoms with E-state index in [0.29, 0.717) is 22.0 Å². The van der Waals surface area contributed by atoms with Crippen LogP contribution in [0.2, 0.25) is 0 Å². The zero-order valence-electron chi connectivity index (χ0n) is 18.1. The molecule has 2 aliphatic rings. The first-order valence-electron chi connectivity index (χ1n) is 10.3. The number of benzene rings is 2. The van der Waals surface area contributed by atoms with Gasteiger partial charge >= 0.3 is 0 Å². The van der Waals surface area contributed by atoms with Crippen molar-refractivity contribution in [1.82, 2.24) is 10.2 Å². The lowest BCUT2D eigenvalue weighted by Crippen LogP contribution is -2.37. The Morgan fingerprint density at radius 1 is 1.09 bits per heavy atom. The van der Waals surface area contributed by atoms with Crippen LogP contribution in [0.25, 0.3) is 6.08 Å². The summed E-state index contributed by atoms with van der Waals surface area (Å²) in [4.78, 5) is 38.9. The number of hydrogen-bond donors (Lipinski definition) is 1. The minimum atomic E-state index is -0.374. The highest BCUT2D eigenvalue weighted by molar-refractivity contribution is 8.18. The van der Waals surface area contributed by atoms with Gasteiger partial charge in [0, 0.05) is 18.7 Å². The lowest BCUT2D eigenvalue weighted by atomic mass is 9.87. The molecule has 2 aliphatic heterocycles.